The van der Waals surface area contributed by atoms with Gasteiger partial charge in [-0.25, -0.2) is 0 Å². The summed E-state index contributed by atoms with van der Waals surface area (Å²) in [5.41, 5.74) is -0.645. The number of amides is 1. The van der Waals surface area contributed by atoms with Gasteiger partial charge in [-0.3, -0.25) is 9.59 Å². The highest BCUT2D eigenvalue weighted by molar-refractivity contribution is 5.84. The van der Waals surface area contributed by atoms with Crippen molar-refractivity contribution in [1.82, 2.24) is 4.90 Å². The molecule has 0 aromatic rings. The molecular formula is C13H25NO3. The van der Waals surface area contributed by atoms with Crippen molar-refractivity contribution in [3.05, 3.63) is 0 Å². The maximum absolute atomic E-state index is 12.3. The molecule has 0 aliphatic heterocycles. The van der Waals surface area contributed by atoms with Crippen LogP contribution in [0.3, 0.4) is 0 Å². The van der Waals surface area contributed by atoms with Gasteiger partial charge in [0.15, 0.2) is 0 Å². The molecular weight excluding hydrogens is 218 g/mol. The van der Waals surface area contributed by atoms with Crippen LogP contribution >= 0.6 is 0 Å². The second kappa shape index (κ2) is 5.07. The van der Waals surface area contributed by atoms with Crippen molar-refractivity contribution in [2.75, 3.05) is 7.05 Å². The van der Waals surface area contributed by atoms with Crippen molar-refractivity contribution in [1.29, 1.82) is 0 Å². The summed E-state index contributed by atoms with van der Waals surface area (Å²) in [4.78, 5) is 24.8. The Labute approximate surface area is 104 Å². The molecule has 0 radical (unpaired) electrons. The van der Waals surface area contributed by atoms with E-state index >= 15 is 0 Å². The van der Waals surface area contributed by atoms with Gasteiger partial charge in [-0.2, -0.15) is 0 Å². The average molecular weight is 243 g/mol. The zero-order valence-corrected chi connectivity index (χ0v) is 12.0. The molecule has 1 N–H and O–H groups in total. The molecule has 0 aromatic carbocycles. The van der Waals surface area contributed by atoms with Crippen LogP contribution in [0.15, 0.2) is 0 Å². The average Bonchev–Trinajstić information content (AvgIpc) is 2.08. The fourth-order valence-corrected chi connectivity index (χ4v) is 1.50. The van der Waals surface area contributed by atoms with Gasteiger partial charge in [0.1, 0.15) is 0 Å². The standard InChI is InChI=1S/C13H25NO3/c1-12(2,3)9(8-10(15)16)11(17)14(7)13(4,5)6/h9H,8H2,1-7H3,(H,15,16). The van der Waals surface area contributed by atoms with E-state index in [1.54, 1.807) is 11.9 Å². The predicted molar refractivity (Wildman–Crippen MR) is 67.7 cm³/mol. The van der Waals surface area contributed by atoms with E-state index in [0.717, 1.165) is 0 Å². The van der Waals surface area contributed by atoms with Crippen molar-refractivity contribution in [2.45, 2.75) is 53.5 Å². The Morgan fingerprint density at radius 1 is 1.12 bits per heavy atom. The van der Waals surface area contributed by atoms with Crippen LogP contribution in [0.2, 0.25) is 0 Å². The highest BCUT2D eigenvalue weighted by Gasteiger charge is 2.37. The summed E-state index contributed by atoms with van der Waals surface area (Å²) in [7, 11) is 1.73. The number of aliphatic carboxylic acids is 1. The highest BCUT2D eigenvalue weighted by atomic mass is 16.4. The third-order valence-electron chi connectivity index (χ3n) is 3.06. The van der Waals surface area contributed by atoms with Crippen LogP contribution in [0, 0.1) is 11.3 Å². The van der Waals surface area contributed by atoms with Crippen LogP contribution in [0.5, 0.6) is 0 Å². The van der Waals surface area contributed by atoms with Gasteiger partial charge in [-0.05, 0) is 26.2 Å². The van der Waals surface area contributed by atoms with Crippen molar-refractivity contribution in [2.24, 2.45) is 11.3 Å². The van der Waals surface area contributed by atoms with E-state index in [-0.39, 0.29) is 23.3 Å². The Morgan fingerprint density at radius 2 is 1.53 bits per heavy atom. The van der Waals surface area contributed by atoms with Crippen LogP contribution in [-0.4, -0.2) is 34.5 Å². The monoisotopic (exact) mass is 243 g/mol. The smallest absolute Gasteiger partial charge is 0.304 e. The zero-order chi connectivity index (χ0) is 14.0. The minimum Gasteiger partial charge on any atom is -0.481 e. The Kier molecular flexibility index (Phi) is 4.75. The lowest BCUT2D eigenvalue weighted by Crippen LogP contribution is -2.48. The second-order valence-electron chi connectivity index (χ2n) is 6.58. The van der Waals surface area contributed by atoms with Crippen LogP contribution in [0.25, 0.3) is 0 Å². The molecule has 0 aliphatic carbocycles. The molecule has 0 heterocycles. The summed E-state index contributed by atoms with van der Waals surface area (Å²) < 4.78 is 0. The van der Waals surface area contributed by atoms with Gasteiger partial charge in [0.2, 0.25) is 5.91 Å². The van der Waals surface area contributed by atoms with Crippen molar-refractivity contribution < 1.29 is 14.7 Å². The van der Waals surface area contributed by atoms with Crippen LogP contribution in [0.4, 0.5) is 0 Å². The lowest BCUT2D eigenvalue weighted by atomic mass is 9.77. The fourth-order valence-electron chi connectivity index (χ4n) is 1.50. The van der Waals surface area contributed by atoms with E-state index in [1.807, 2.05) is 41.5 Å². The van der Waals surface area contributed by atoms with Gasteiger partial charge in [-0.1, -0.05) is 20.8 Å². The van der Waals surface area contributed by atoms with Gasteiger partial charge in [0.05, 0.1) is 12.3 Å². The maximum Gasteiger partial charge on any atom is 0.304 e. The van der Waals surface area contributed by atoms with Gasteiger partial charge in [0.25, 0.3) is 0 Å². The van der Waals surface area contributed by atoms with Crippen LogP contribution < -0.4 is 0 Å². The minimum absolute atomic E-state index is 0.104. The van der Waals surface area contributed by atoms with E-state index in [0.29, 0.717) is 0 Å². The molecule has 0 aliphatic rings. The molecule has 0 aromatic heterocycles. The van der Waals surface area contributed by atoms with Crippen molar-refractivity contribution >= 4 is 11.9 Å². The molecule has 1 atom stereocenters. The van der Waals surface area contributed by atoms with E-state index in [1.165, 1.54) is 0 Å². The summed E-state index contributed by atoms with van der Waals surface area (Å²) in [5.74, 6) is -1.53. The van der Waals surface area contributed by atoms with E-state index in [4.69, 9.17) is 5.11 Å². The molecule has 0 fully saturated rings. The van der Waals surface area contributed by atoms with Crippen molar-refractivity contribution in [3.8, 4) is 0 Å². The lowest BCUT2D eigenvalue weighted by Gasteiger charge is -2.38. The maximum atomic E-state index is 12.3. The van der Waals surface area contributed by atoms with Crippen molar-refractivity contribution in [3.63, 3.8) is 0 Å². The van der Waals surface area contributed by atoms with Gasteiger partial charge in [0, 0.05) is 12.6 Å². The summed E-state index contributed by atoms with van der Waals surface area (Å²) in [6, 6.07) is 0. The Morgan fingerprint density at radius 3 is 1.76 bits per heavy atom. The first-order valence-corrected chi connectivity index (χ1v) is 5.87. The largest absolute Gasteiger partial charge is 0.481 e. The SMILES string of the molecule is CN(C(=O)C(CC(=O)O)C(C)(C)C)C(C)(C)C. The van der Waals surface area contributed by atoms with E-state index < -0.39 is 11.9 Å². The van der Waals surface area contributed by atoms with Gasteiger partial charge >= 0.3 is 5.97 Å². The number of rotatable bonds is 3. The Bertz CT molecular complexity index is 297. The third-order valence-corrected chi connectivity index (χ3v) is 3.06. The summed E-state index contributed by atoms with van der Waals surface area (Å²) in [6.45, 7) is 11.5. The van der Waals surface area contributed by atoms with Crippen LogP contribution in [-0.2, 0) is 9.59 Å². The highest BCUT2D eigenvalue weighted by Crippen LogP contribution is 2.31. The number of carbonyl (C=O) groups is 2. The molecule has 0 bridgehead atoms. The zero-order valence-electron chi connectivity index (χ0n) is 12.0. The number of hydrogen-bond acceptors (Lipinski definition) is 2. The Balaban J connectivity index is 5.08. The first kappa shape index (κ1) is 15.9. The molecule has 1 amide bonds. The Hall–Kier alpha value is -1.06. The minimum atomic E-state index is -0.930. The summed E-state index contributed by atoms with van der Waals surface area (Å²) in [6.07, 6.45) is -0.122. The summed E-state index contributed by atoms with van der Waals surface area (Å²) >= 11 is 0. The number of hydrogen-bond donors (Lipinski definition) is 1. The first-order chi connectivity index (χ1) is 7.37. The molecule has 4 heteroatoms. The van der Waals surface area contributed by atoms with Crippen LogP contribution in [0.1, 0.15) is 48.0 Å². The third kappa shape index (κ3) is 4.75. The first-order valence-electron chi connectivity index (χ1n) is 5.87. The molecule has 0 saturated carbocycles. The number of carbonyl (C=O) groups excluding carboxylic acids is 1. The van der Waals surface area contributed by atoms with E-state index in [2.05, 4.69) is 0 Å². The van der Waals surface area contributed by atoms with Gasteiger partial charge in [-0.15, -0.1) is 0 Å². The topological polar surface area (TPSA) is 57.6 Å². The molecule has 0 rings (SSSR count). The molecule has 1 unspecified atom stereocenters. The number of carboxylic acids is 1. The number of carboxylic acid groups (broad SMARTS) is 1. The van der Waals surface area contributed by atoms with E-state index in [9.17, 15) is 9.59 Å². The predicted octanol–water partition coefficient (Wildman–Crippen LogP) is 2.38. The van der Waals surface area contributed by atoms with Gasteiger partial charge < -0.3 is 10.0 Å². The normalized spacial score (nSPS) is 14.3. The fraction of sp³-hybridized carbons (Fsp3) is 0.846. The molecule has 0 saturated heterocycles. The molecule has 17 heavy (non-hydrogen) atoms. The molecule has 0 spiro atoms. The number of nitrogens with zero attached hydrogens (tertiary/aromatic N) is 1. The second-order valence-corrected chi connectivity index (χ2v) is 6.58. The summed E-state index contributed by atoms with van der Waals surface area (Å²) in [5, 5.41) is 8.91. The lowest BCUT2D eigenvalue weighted by molar-refractivity contribution is -0.149. The quantitative estimate of drug-likeness (QED) is 0.828. The molecule has 4 nitrogen and oxygen atoms in total. The molecule has 100 valence electrons.